The van der Waals surface area contributed by atoms with Gasteiger partial charge in [0.2, 0.25) is 5.91 Å². The number of aryl methyl sites for hydroxylation is 1. The van der Waals surface area contributed by atoms with Gasteiger partial charge in [-0.25, -0.2) is 4.68 Å². The van der Waals surface area contributed by atoms with Gasteiger partial charge in [-0.3, -0.25) is 9.59 Å². The zero-order chi connectivity index (χ0) is 25.0. The third-order valence-corrected chi connectivity index (χ3v) is 6.47. The number of alkyl halides is 3. The SMILES string of the molecule is O=C(CCCn1nc(-c2ccc(Br)cc2)ccc1=O)N1CCN(c2cccc(C(F)(F)F)c2)CC1. The van der Waals surface area contributed by atoms with Crippen molar-refractivity contribution in [2.75, 3.05) is 31.1 Å². The van der Waals surface area contributed by atoms with E-state index in [1.807, 2.05) is 29.2 Å². The van der Waals surface area contributed by atoms with E-state index >= 15 is 0 Å². The van der Waals surface area contributed by atoms with Gasteiger partial charge in [-0.2, -0.15) is 18.3 Å². The lowest BCUT2D eigenvalue weighted by Crippen LogP contribution is -2.48. The van der Waals surface area contributed by atoms with Gasteiger partial charge in [-0.1, -0.05) is 34.1 Å². The fourth-order valence-corrected chi connectivity index (χ4v) is 4.28. The molecule has 2 heterocycles. The molecule has 1 aliphatic rings. The van der Waals surface area contributed by atoms with Gasteiger partial charge in [-0.15, -0.1) is 0 Å². The lowest BCUT2D eigenvalue weighted by Gasteiger charge is -2.36. The molecule has 1 amide bonds. The van der Waals surface area contributed by atoms with Crippen molar-refractivity contribution in [3.63, 3.8) is 0 Å². The predicted molar refractivity (Wildman–Crippen MR) is 131 cm³/mol. The molecule has 1 saturated heterocycles. The van der Waals surface area contributed by atoms with Gasteiger partial charge >= 0.3 is 6.18 Å². The zero-order valence-electron chi connectivity index (χ0n) is 18.8. The number of hydrogen-bond donors (Lipinski definition) is 0. The summed E-state index contributed by atoms with van der Waals surface area (Å²) >= 11 is 3.39. The van der Waals surface area contributed by atoms with E-state index in [2.05, 4.69) is 21.0 Å². The highest BCUT2D eigenvalue weighted by Gasteiger charge is 2.31. The molecule has 2 aromatic carbocycles. The van der Waals surface area contributed by atoms with Crippen LogP contribution < -0.4 is 10.5 Å². The fraction of sp³-hybridized carbons (Fsp3) is 0.320. The van der Waals surface area contributed by atoms with Crippen LogP contribution in [-0.2, 0) is 17.5 Å². The summed E-state index contributed by atoms with van der Waals surface area (Å²) < 4.78 is 41.3. The van der Waals surface area contributed by atoms with E-state index in [1.165, 1.54) is 16.8 Å². The molecule has 3 aromatic rings. The first-order chi connectivity index (χ1) is 16.7. The van der Waals surface area contributed by atoms with Crippen molar-refractivity contribution in [1.82, 2.24) is 14.7 Å². The van der Waals surface area contributed by atoms with Crippen molar-refractivity contribution in [2.24, 2.45) is 0 Å². The topological polar surface area (TPSA) is 58.4 Å². The van der Waals surface area contributed by atoms with Crippen LogP contribution in [0.25, 0.3) is 11.3 Å². The van der Waals surface area contributed by atoms with Crippen LogP contribution in [0.5, 0.6) is 0 Å². The number of nitrogens with zero attached hydrogens (tertiary/aromatic N) is 4. The Balaban J connectivity index is 1.29. The molecule has 0 atom stereocenters. The Kier molecular flexibility index (Phi) is 7.59. The summed E-state index contributed by atoms with van der Waals surface area (Å²) in [6.45, 7) is 2.12. The molecule has 0 N–H and O–H groups in total. The standard InChI is InChI=1S/C25H24BrF3N4O2/c26-20-8-6-18(7-9-20)22-10-11-24(35)33(30-22)12-2-5-23(34)32-15-13-31(14-16-32)21-4-1-3-19(17-21)25(27,28)29/h1,3-4,6-11,17H,2,5,12-16H2. The minimum Gasteiger partial charge on any atom is -0.368 e. The summed E-state index contributed by atoms with van der Waals surface area (Å²) in [6, 6.07) is 16.0. The van der Waals surface area contributed by atoms with E-state index in [9.17, 15) is 22.8 Å². The van der Waals surface area contributed by atoms with Gasteiger partial charge in [-0.05, 0) is 42.8 Å². The van der Waals surface area contributed by atoms with Crippen LogP contribution >= 0.6 is 15.9 Å². The monoisotopic (exact) mass is 548 g/mol. The van der Waals surface area contributed by atoms with E-state index in [0.29, 0.717) is 50.5 Å². The van der Waals surface area contributed by atoms with Crippen molar-refractivity contribution >= 4 is 27.5 Å². The number of carbonyl (C=O) groups excluding carboxylic acids is 1. The van der Waals surface area contributed by atoms with Crippen molar-refractivity contribution in [1.29, 1.82) is 0 Å². The Morgan fingerprint density at radius 2 is 1.69 bits per heavy atom. The Hall–Kier alpha value is -3.14. The van der Waals surface area contributed by atoms with E-state index < -0.39 is 11.7 Å². The second-order valence-corrected chi connectivity index (χ2v) is 9.22. The molecule has 1 aliphatic heterocycles. The largest absolute Gasteiger partial charge is 0.416 e. The molecule has 10 heteroatoms. The number of benzene rings is 2. The summed E-state index contributed by atoms with van der Waals surface area (Å²) in [5.41, 5.74) is 1.16. The number of rotatable bonds is 6. The first-order valence-corrected chi connectivity index (χ1v) is 12.0. The molecular formula is C25H24BrF3N4O2. The lowest BCUT2D eigenvalue weighted by molar-refractivity contribution is -0.137. The Morgan fingerprint density at radius 1 is 0.971 bits per heavy atom. The zero-order valence-corrected chi connectivity index (χ0v) is 20.4. The van der Waals surface area contributed by atoms with Gasteiger partial charge in [0.25, 0.3) is 5.56 Å². The van der Waals surface area contributed by atoms with E-state index in [1.54, 1.807) is 17.0 Å². The molecule has 0 spiro atoms. The van der Waals surface area contributed by atoms with Crippen LogP contribution in [0.1, 0.15) is 18.4 Å². The Labute approximate surface area is 209 Å². The highest BCUT2D eigenvalue weighted by Crippen LogP contribution is 2.32. The molecule has 4 rings (SSSR count). The minimum atomic E-state index is -4.39. The lowest BCUT2D eigenvalue weighted by atomic mass is 10.1. The van der Waals surface area contributed by atoms with Crippen LogP contribution in [0.2, 0.25) is 0 Å². The fourth-order valence-electron chi connectivity index (χ4n) is 4.01. The van der Waals surface area contributed by atoms with Crippen molar-refractivity contribution in [3.05, 3.63) is 81.1 Å². The highest BCUT2D eigenvalue weighted by molar-refractivity contribution is 9.10. The molecule has 0 bridgehead atoms. The molecule has 1 fully saturated rings. The average molecular weight is 549 g/mol. The second kappa shape index (κ2) is 10.6. The molecule has 6 nitrogen and oxygen atoms in total. The maximum absolute atomic E-state index is 13.0. The highest BCUT2D eigenvalue weighted by atomic mass is 79.9. The van der Waals surface area contributed by atoms with Crippen molar-refractivity contribution < 1.29 is 18.0 Å². The van der Waals surface area contributed by atoms with Gasteiger partial charge in [0.1, 0.15) is 0 Å². The number of aromatic nitrogens is 2. The Morgan fingerprint density at radius 3 is 2.37 bits per heavy atom. The van der Waals surface area contributed by atoms with Gasteiger partial charge in [0.05, 0.1) is 11.3 Å². The summed E-state index contributed by atoms with van der Waals surface area (Å²) in [5.74, 6) is -0.0363. The van der Waals surface area contributed by atoms with E-state index in [-0.39, 0.29) is 17.9 Å². The summed E-state index contributed by atoms with van der Waals surface area (Å²) in [4.78, 5) is 28.5. The third kappa shape index (κ3) is 6.30. The van der Waals surface area contributed by atoms with Crippen molar-refractivity contribution in [2.45, 2.75) is 25.6 Å². The van der Waals surface area contributed by atoms with Crippen LogP contribution in [0.15, 0.2) is 69.9 Å². The van der Waals surface area contributed by atoms with E-state index in [0.717, 1.165) is 22.2 Å². The minimum absolute atomic E-state index is 0.0363. The molecule has 0 saturated carbocycles. The molecule has 35 heavy (non-hydrogen) atoms. The van der Waals surface area contributed by atoms with Gasteiger partial charge in [0.15, 0.2) is 0 Å². The number of piperazine rings is 1. The maximum atomic E-state index is 13.0. The van der Waals surface area contributed by atoms with E-state index in [4.69, 9.17) is 0 Å². The summed E-state index contributed by atoms with van der Waals surface area (Å²) in [5, 5.41) is 4.43. The second-order valence-electron chi connectivity index (χ2n) is 8.31. The molecule has 0 radical (unpaired) electrons. The molecule has 1 aromatic heterocycles. The Bertz CT molecular complexity index is 1240. The smallest absolute Gasteiger partial charge is 0.368 e. The predicted octanol–water partition coefficient (Wildman–Crippen LogP) is 4.82. The van der Waals surface area contributed by atoms with Crippen LogP contribution in [0.3, 0.4) is 0 Å². The van der Waals surface area contributed by atoms with Gasteiger partial charge in [0, 0.05) is 60.9 Å². The molecule has 0 aliphatic carbocycles. The van der Waals surface area contributed by atoms with Crippen molar-refractivity contribution in [3.8, 4) is 11.3 Å². The number of anilines is 1. The number of halogens is 4. The van der Waals surface area contributed by atoms with Crippen LogP contribution in [0.4, 0.5) is 18.9 Å². The quantitative estimate of drug-likeness (QED) is 0.443. The molecule has 184 valence electrons. The summed E-state index contributed by atoms with van der Waals surface area (Å²) in [6.07, 6.45) is -3.66. The number of amides is 1. The number of hydrogen-bond acceptors (Lipinski definition) is 4. The first kappa shape index (κ1) is 25.0. The summed E-state index contributed by atoms with van der Waals surface area (Å²) in [7, 11) is 0. The average Bonchev–Trinajstić information content (AvgIpc) is 2.85. The molecular weight excluding hydrogens is 525 g/mol. The molecule has 0 unspecified atom stereocenters. The van der Waals surface area contributed by atoms with Gasteiger partial charge < -0.3 is 9.80 Å². The normalized spacial score (nSPS) is 14.3. The van der Waals surface area contributed by atoms with Crippen LogP contribution in [0, 0.1) is 0 Å². The maximum Gasteiger partial charge on any atom is 0.416 e. The third-order valence-electron chi connectivity index (χ3n) is 5.94. The first-order valence-electron chi connectivity index (χ1n) is 11.2. The van der Waals surface area contributed by atoms with Crippen LogP contribution in [-0.4, -0.2) is 46.8 Å². The number of carbonyl (C=O) groups is 1.